The number of aldehydes is 1. The molecule has 9 heterocycles. The van der Waals surface area contributed by atoms with E-state index < -0.39 is 49.8 Å². The van der Waals surface area contributed by atoms with Crippen LogP contribution in [0.3, 0.4) is 0 Å². The Morgan fingerprint density at radius 1 is 0.548 bits per heavy atom. The van der Waals surface area contributed by atoms with Crippen LogP contribution in [0.1, 0.15) is 218 Å². The third-order valence-corrected chi connectivity index (χ3v) is 20.6. The van der Waals surface area contributed by atoms with Crippen LogP contribution in [0.2, 0.25) is 0 Å². The molecular formula is C86H114I7N14O19-. The van der Waals surface area contributed by atoms with Gasteiger partial charge >= 0.3 is 74.5 Å². The number of carbonyl (C=O) groups excluding carboxylic acids is 6. The molecule has 1 spiro atoms. The van der Waals surface area contributed by atoms with E-state index in [1.807, 2.05) is 52.2 Å². The van der Waals surface area contributed by atoms with Crippen LogP contribution in [0.4, 0.5) is 4.79 Å². The van der Waals surface area contributed by atoms with Crippen LogP contribution < -0.4 is 24.3 Å². The summed E-state index contributed by atoms with van der Waals surface area (Å²) in [6, 6.07) is 24.8. The summed E-state index contributed by atoms with van der Waals surface area (Å²) in [7, 11) is 0. The van der Waals surface area contributed by atoms with Crippen LogP contribution in [-0.4, -0.2) is 165 Å². The van der Waals surface area contributed by atoms with Crippen LogP contribution >= 0.6 is 122 Å². The number of hydrogen-bond acceptors (Lipinski definition) is 27. The van der Waals surface area contributed by atoms with E-state index in [0.29, 0.717) is 95.4 Å². The van der Waals surface area contributed by atoms with Crippen molar-refractivity contribution in [2.75, 3.05) is 59.1 Å². The number of piperidine rings is 1. The molecule has 2 aliphatic heterocycles. The van der Waals surface area contributed by atoms with Crippen molar-refractivity contribution in [2.45, 2.75) is 180 Å². The summed E-state index contributed by atoms with van der Waals surface area (Å²) in [5, 5.41) is 53.2. The van der Waals surface area contributed by atoms with Gasteiger partial charge in [0.1, 0.15) is 18.0 Å². The van der Waals surface area contributed by atoms with E-state index in [1.54, 1.807) is 141 Å². The number of nitrogens with two attached hydrogens (primary N) is 1. The molecular weight excluding hydrogens is 2420 g/mol. The number of nitrogens with zero attached hydrogens (tertiary/aromatic N) is 12. The number of pyridine rings is 7. The zero-order valence-electron chi connectivity index (χ0n) is 71.3. The van der Waals surface area contributed by atoms with E-state index in [1.165, 1.54) is 55.8 Å². The molecule has 4 atom stereocenters. The SMILES string of the molecule is CCOC(=O)C1(C(CN)c2ccncc2)CCCCC1.CCOC(=O)C1(C(C[N+](=O)[O-])c2ccncc2)CCCCC1.CCOC(=O)C1CCN(C(=O)OC(C)(C)C)CC1.I.I.II.I[I-]I.O=C1NCC(c2ccncc2)C12CCCCC2.O=Cc1ccncc1.O=[N+]([O-])/C=C/c1ccncc1.O=[N+]([O-])/C=C/c1ccncc1.O=[N+]([O-])CC(O)c1ccncc1. The summed E-state index contributed by atoms with van der Waals surface area (Å²) in [5.41, 5.74) is 10.1. The Kier molecular flexibility index (Phi) is 62.4. The second-order valence-corrected chi connectivity index (χ2v) is 45.8. The molecule has 2 amide bonds. The molecule has 692 valence electrons. The summed E-state index contributed by atoms with van der Waals surface area (Å²) < 4.78 is 20.9. The van der Waals surface area contributed by atoms with Crippen molar-refractivity contribution in [3.05, 3.63) is 263 Å². The molecule has 0 radical (unpaired) electrons. The Labute approximate surface area is 823 Å². The fourth-order valence-electron chi connectivity index (χ4n) is 14.8. The Balaban J connectivity index is 0.000000724. The Morgan fingerprint density at radius 3 is 1.23 bits per heavy atom. The molecule has 5 aliphatic rings. The largest absolute Gasteiger partial charge is 0.382 e. The zero-order chi connectivity index (χ0) is 91.6. The summed E-state index contributed by atoms with van der Waals surface area (Å²) in [5.74, 6) is -0.428. The molecule has 33 nitrogen and oxygen atoms in total. The van der Waals surface area contributed by atoms with Crippen LogP contribution in [0, 0.1) is 62.6 Å². The maximum atomic E-state index is 12.7. The number of carbonyl (C=O) groups is 6. The van der Waals surface area contributed by atoms with Gasteiger partial charge in [0, 0.05) is 190 Å². The number of rotatable bonds is 22. The topological polar surface area (TPSA) is 464 Å². The van der Waals surface area contributed by atoms with Gasteiger partial charge in [0.25, 0.3) is 0 Å². The maximum Gasteiger partial charge on any atom is 0.235 e. The molecule has 7 aromatic rings. The normalized spacial score (nSPS) is 16.1. The molecule has 12 rings (SSSR count). The minimum atomic E-state index is -1.04. The summed E-state index contributed by atoms with van der Waals surface area (Å²) >= 11 is 9.54. The van der Waals surface area contributed by atoms with Gasteiger partial charge in [-0.15, -0.1) is 48.0 Å². The van der Waals surface area contributed by atoms with Gasteiger partial charge < -0.3 is 40.0 Å². The van der Waals surface area contributed by atoms with Crippen LogP contribution in [-0.2, 0) is 38.1 Å². The number of aliphatic hydroxyl groups excluding tert-OH is 1. The van der Waals surface area contributed by atoms with Crippen molar-refractivity contribution in [2.24, 2.45) is 27.9 Å². The average Bonchev–Trinajstić information content (AvgIpc) is 1.54. The quantitative estimate of drug-likeness (QED) is 0.0142. The van der Waals surface area contributed by atoms with E-state index in [9.17, 15) is 74.3 Å². The third-order valence-electron chi connectivity index (χ3n) is 20.6. The number of likely N-dealkylation sites (tertiary alicyclic amines) is 1. The smallest absolute Gasteiger partial charge is 0.235 e. The first kappa shape index (κ1) is 117. The van der Waals surface area contributed by atoms with Crippen molar-refractivity contribution in [3.8, 4) is 0 Å². The third kappa shape index (κ3) is 43.6. The van der Waals surface area contributed by atoms with Gasteiger partial charge in [0.05, 0.1) is 57.7 Å². The summed E-state index contributed by atoms with van der Waals surface area (Å²) in [4.78, 5) is 139. The second-order valence-electron chi connectivity index (χ2n) is 29.6. The van der Waals surface area contributed by atoms with Crippen molar-refractivity contribution >= 4 is 171 Å². The van der Waals surface area contributed by atoms with Crippen LogP contribution in [0.15, 0.2) is 184 Å². The van der Waals surface area contributed by atoms with Crippen LogP contribution in [0.5, 0.6) is 0 Å². The molecule has 7 aromatic heterocycles. The monoisotopic (exact) mass is 2540 g/mol. The summed E-state index contributed by atoms with van der Waals surface area (Å²) in [6.07, 6.45) is 43.2. The molecule has 5 fully saturated rings. The van der Waals surface area contributed by atoms with Gasteiger partial charge in [-0.1, -0.05) is 57.8 Å². The van der Waals surface area contributed by atoms with Gasteiger partial charge in [-0.25, -0.2) is 4.79 Å². The molecule has 0 aromatic carbocycles. The van der Waals surface area contributed by atoms with E-state index in [4.69, 9.17) is 24.7 Å². The fourth-order valence-corrected chi connectivity index (χ4v) is 14.8. The van der Waals surface area contributed by atoms with Crippen LogP contribution in [0.25, 0.3) is 12.2 Å². The standard InChI is InChI=1S/C16H22N2O4.C16H24N2O2.C14H18N2O.C13H23NO4.C7H8N2O3.2C7H6N2O2.C6H5NO.I3.I2.2HI/c1-2-22-15(19)16(8-4-3-5-9-16)14(12-18(20)21)13-6-10-17-11-7-13;1-2-20-15(19)16(8-4-3-5-9-16)14(12-17)13-6-10-18-11-7-13;17-13-14(6-2-1-3-7-14)12(10-16-13)11-4-8-15-9-5-11;1-5-17-11(15)10-6-8-14(9-7-10)12(16)18-13(2,3)4;10-7(5-9(11)12)6-1-3-8-4-2-6;2*10-9(11)6-3-7-1-4-8-5-2-7;8-5-6-1-3-7-4-2-6;1-3-2;1-2;;/h6-7,10-11,14H,2-5,8-9,12H2,1H3;6-7,10-11,14H,2-5,8-9,12,17H2,1H3;4-5,8-9,12H,1-3,6-7,10H2,(H,16,17);10H,5-9H2,1-4H3;1-4,7,10H,5H2;2*1-6H;1-5H;;;2*1H/q;;;;;;;;-1;;;/b;;;;;2*6-3+;;;;;. The minimum Gasteiger partial charge on any atom is -0.382 e. The van der Waals surface area contributed by atoms with E-state index in [0.717, 1.165) is 105 Å². The maximum absolute atomic E-state index is 12.7. The summed E-state index contributed by atoms with van der Waals surface area (Å²) in [6.45, 7) is 13.7. The number of aromatic nitrogens is 7. The molecule has 4 N–H and O–H groups in total. The number of amides is 2. The van der Waals surface area contributed by atoms with Crippen molar-refractivity contribution in [1.29, 1.82) is 0 Å². The van der Waals surface area contributed by atoms with Gasteiger partial charge in [-0.05, 0) is 211 Å². The van der Waals surface area contributed by atoms with E-state index in [-0.39, 0.29) is 107 Å². The molecule has 2 saturated heterocycles. The Morgan fingerprint density at radius 2 is 0.889 bits per heavy atom. The van der Waals surface area contributed by atoms with Gasteiger partial charge in [0.2, 0.25) is 31.4 Å². The molecule has 40 heteroatoms. The molecule has 4 unspecified atom stereocenters. The van der Waals surface area contributed by atoms with E-state index in [2.05, 4.69) is 127 Å². The number of aliphatic hydroxyl groups is 1. The Hall–Kier alpha value is -7.02. The molecule has 0 bridgehead atoms. The number of halogens is 7. The van der Waals surface area contributed by atoms with Gasteiger partial charge in [0.15, 0.2) is 0 Å². The van der Waals surface area contributed by atoms with Crippen molar-refractivity contribution < 1.29 is 85.8 Å². The fraction of sp³-hybridized carbons (Fsp3) is 0.477. The second kappa shape index (κ2) is 67.2. The number of nitrogens with one attached hydrogen (secondary N) is 1. The predicted molar refractivity (Wildman–Crippen MR) is 530 cm³/mol. The van der Waals surface area contributed by atoms with E-state index >= 15 is 0 Å². The first-order valence-corrected chi connectivity index (χ1v) is 59.3. The molecule has 3 saturated carbocycles. The number of nitro groups is 4. The predicted octanol–water partition coefficient (Wildman–Crippen LogP) is 15.8. The van der Waals surface area contributed by atoms with Crippen molar-refractivity contribution in [3.63, 3.8) is 0 Å². The number of ether oxygens (including phenoxy) is 4. The number of esters is 3. The molecule has 3 aliphatic carbocycles. The Bertz CT molecular complexity index is 4230. The van der Waals surface area contributed by atoms with Crippen molar-refractivity contribution in [1.82, 2.24) is 45.1 Å². The number of hydrogen-bond donors (Lipinski definition) is 3. The van der Waals surface area contributed by atoms with Gasteiger partial charge in [-0.3, -0.25) is 99.3 Å². The molecule has 126 heavy (non-hydrogen) atoms. The first-order chi connectivity index (χ1) is 59.6. The minimum absolute atomic E-state index is 0. The van der Waals surface area contributed by atoms with Gasteiger partial charge in [-0.2, -0.15) is 0 Å². The zero-order valence-corrected chi connectivity index (χ0v) is 86.7. The first-order valence-electron chi connectivity index (χ1n) is 40.4. The average molecular weight is 2540 g/mol.